The van der Waals surface area contributed by atoms with Crippen LogP contribution in [0.3, 0.4) is 0 Å². The molecular formula is C19H14FN5O2S. The van der Waals surface area contributed by atoms with Crippen LogP contribution in [-0.2, 0) is 0 Å². The van der Waals surface area contributed by atoms with Crippen molar-refractivity contribution >= 4 is 43.9 Å². The molecule has 0 unspecified atom stereocenters. The number of nitrogens with zero attached hydrogens (tertiary/aromatic N) is 3. The number of thiophene rings is 1. The number of hydrogen-bond donors (Lipinski definition) is 2. The molecule has 3 aromatic heterocycles. The van der Waals surface area contributed by atoms with E-state index in [-0.39, 0.29) is 17.6 Å². The molecule has 7 nitrogen and oxygen atoms in total. The average molecular weight is 395 g/mol. The Kier molecular flexibility index (Phi) is 3.83. The maximum Gasteiger partial charge on any atom is 0.263 e. The molecule has 4 aromatic rings. The molecule has 0 saturated carbocycles. The second-order valence-corrected chi connectivity index (χ2v) is 7.37. The minimum Gasteiger partial charge on any atom is -0.420 e. The van der Waals surface area contributed by atoms with Gasteiger partial charge in [0.05, 0.1) is 17.3 Å². The highest BCUT2D eigenvalue weighted by Crippen LogP contribution is 2.41. The minimum absolute atomic E-state index is 0.0663. The van der Waals surface area contributed by atoms with E-state index in [9.17, 15) is 9.18 Å². The number of aromatic nitrogens is 3. The Morgan fingerprint density at radius 1 is 1.07 bits per heavy atom. The smallest absolute Gasteiger partial charge is 0.263 e. The number of benzene rings is 1. The van der Waals surface area contributed by atoms with Gasteiger partial charge in [-0.25, -0.2) is 9.97 Å². The van der Waals surface area contributed by atoms with E-state index in [1.54, 1.807) is 13.0 Å². The molecule has 140 valence electrons. The molecule has 0 bridgehead atoms. The van der Waals surface area contributed by atoms with Gasteiger partial charge < -0.3 is 15.4 Å². The Balaban J connectivity index is 1.62. The number of carbonyl (C=O) groups is 1. The lowest BCUT2D eigenvalue weighted by Crippen LogP contribution is -2.24. The molecule has 5 rings (SSSR count). The summed E-state index contributed by atoms with van der Waals surface area (Å²) >= 11 is 1.45. The molecule has 0 radical (unpaired) electrons. The Hall–Kier alpha value is -3.33. The second-order valence-electron chi connectivity index (χ2n) is 6.32. The van der Waals surface area contributed by atoms with Crippen molar-refractivity contribution in [2.75, 3.05) is 18.4 Å². The van der Waals surface area contributed by atoms with Crippen molar-refractivity contribution in [3.63, 3.8) is 0 Å². The van der Waals surface area contributed by atoms with Crippen LogP contribution in [0.25, 0.3) is 21.0 Å². The molecule has 0 spiro atoms. The third-order valence-corrected chi connectivity index (χ3v) is 5.56. The molecular weight excluding hydrogens is 381 g/mol. The van der Waals surface area contributed by atoms with E-state index in [1.165, 1.54) is 11.3 Å². The van der Waals surface area contributed by atoms with Crippen molar-refractivity contribution in [3.05, 3.63) is 47.0 Å². The van der Waals surface area contributed by atoms with Crippen LogP contribution in [0.5, 0.6) is 11.8 Å². The van der Waals surface area contributed by atoms with Gasteiger partial charge in [0, 0.05) is 34.6 Å². The van der Waals surface area contributed by atoms with Gasteiger partial charge in [0.2, 0.25) is 17.7 Å². The largest absolute Gasteiger partial charge is 0.420 e. The van der Waals surface area contributed by atoms with Crippen molar-refractivity contribution in [3.8, 4) is 11.8 Å². The van der Waals surface area contributed by atoms with Gasteiger partial charge in [0.15, 0.2) is 0 Å². The molecule has 1 aromatic carbocycles. The predicted molar refractivity (Wildman–Crippen MR) is 105 cm³/mol. The fraction of sp³-hybridized carbons (Fsp3) is 0.158. The normalized spacial score (nSPS) is 13.7. The summed E-state index contributed by atoms with van der Waals surface area (Å²) in [6, 6.07) is 8.53. The zero-order chi connectivity index (χ0) is 19.3. The van der Waals surface area contributed by atoms with Gasteiger partial charge in [-0.05, 0) is 25.1 Å². The number of rotatable bonds is 2. The number of aryl methyl sites for hydroxylation is 1. The summed E-state index contributed by atoms with van der Waals surface area (Å²) in [6.45, 7) is 2.83. The maximum absolute atomic E-state index is 13.5. The third kappa shape index (κ3) is 2.80. The summed E-state index contributed by atoms with van der Waals surface area (Å²) in [5.41, 5.74) is 1.55. The summed E-state index contributed by atoms with van der Waals surface area (Å²) in [4.78, 5) is 25.2. The Bertz CT molecular complexity index is 1240. The molecule has 0 fully saturated rings. The van der Waals surface area contributed by atoms with E-state index < -0.39 is 5.95 Å². The van der Waals surface area contributed by atoms with Gasteiger partial charge in [-0.3, -0.25) is 4.79 Å². The first kappa shape index (κ1) is 16.8. The Labute approximate surface area is 162 Å². The quantitative estimate of drug-likeness (QED) is 0.504. The second kappa shape index (κ2) is 6.38. The first-order valence-corrected chi connectivity index (χ1v) is 9.47. The molecule has 0 atom stereocenters. The maximum atomic E-state index is 13.5. The molecule has 9 heteroatoms. The summed E-state index contributed by atoms with van der Waals surface area (Å²) in [6.07, 6.45) is 0. The lowest BCUT2D eigenvalue weighted by atomic mass is 10.1. The molecule has 0 saturated heterocycles. The number of fused-ring (bicyclic) bond motifs is 5. The lowest BCUT2D eigenvalue weighted by Gasteiger charge is -2.08. The fourth-order valence-electron chi connectivity index (χ4n) is 3.28. The van der Waals surface area contributed by atoms with Crippen LogP contribution in [0, 0.1) is 12.9 Å². The number of anilines is 1. The summed E-state index contributed by atoms with van der Waals surface area (Å²) < 4.78 is 20.1. The first-order chi connectivity index (χ1) is 13.6. The van der Waals surface area contributed by atoms with Crippen molar-refractivity contribution in [2.45, 2.75) is 6.92 Å². The fourth-order valence-corrected chi connectivity index (χ4v) is 4.39. The molecule has 28 heavy (non-hydrogen) atoms. The van der Waals surface area contributed by atoms with Crippen LogP contribution >= 0.6 is 11.3 Å². The van der Waals surface area contributed by atoms with Crippen molar-refractivity contribution in [1.29, 1.82) is 0 Å². The number of nitrogens with one attached hydrogen (secondary N) is 2. The van der Waals surface area contributed by atoms with E-state index in [4.69, 9.17) is 4.74 Å². The van der Waals surface area contributed by atoms with Crippen LogP contribution in [0.2, 0.25) is 0 Å². The van der Waals surface area contributed by atoms with E-state index in [0.29, 0.717) is 29.4 Å². The van der Waals surface area contributed by atoms with Gasteiger partial charge in [-0.15, -0.1) is 11.3 Å². The zero-order valence-corrected chi connectivity index (χ0v) is 15.6. The van der Waals surface area contributed by atoms with Gasteiger partial charge in [0.25, 0.3) is 5.91 Å². The highest BCUT2D eigenvalue weighted by molar-refractivity contribution is 7.21. The number of amides is 1. The molecule has 4 heterocycles. The van der Waals surface area contributed by atoms with E-state index >= 15 is 0 Å². The van der Waals surface area contributed by atoms with E-state index in [0.717, 1.165) is 27.2 Å². The van der Waals surface area contributed by atoms with Crippen molar-refractivity contribution in [2.24, 2.45) is 0 Å². The molecule has 0 aliphatic carbocycles. The van der Waals surface area contributed by atoms with Crippen molar-refractivity contribution in [1.82, 2.24) is 20.3 Å². The number of hydrogen-bond acceptors (Lipinski definition) is 7. The minimum atomic E-state index is -0.657. The standard InChI is InChI=1S/C19H14FN5O2S/c1-9-23-13(20)8-15(24-9)27-14-5-2-10-11(25-14)3-4-12-16(10)17-18(28-12)19(26)22-7-6-21-17/h2-5,8,21H,6-7H2,1H3,(H,22,26). The summed E-state index contributed by atoms with van der Waals surface area (Å²) in [7, 11) is 0. The van der Waals surface area contributed by atoms with Crippen LogP contribution in [0.4, 0.5) is 10.1 Å². The highest BCUT2D eigenvalue weighted by atomic mass is 32.1. The van der Waals surface area contributed by atoms with Crippen LogP contribution < -0.4 is 15.4 Å². The molecule has 2 N–H and O–H groups in total. The molecule has 1 aliphatic heterocycles. The number of halogens is 1. The van der Waals surface area contributed by atoms with E-state index in [2.05, 4.69) is 25.6 Å². The van der Waals surface area contributed by atoms with Gasteiger partial charge in [0.1, 0.15) is 10.7 Å². The Morgan fingerprint density at radius 3 is 2.79 bits per heavy atom. The van der Waals surface area contributed by atoms with Gasteiger partial charge in [-0.1, -0.05) is 0 Å². The topological polar surface area (TPSA) is 89.0 Å². The Morgan fingerprint density at radius 2 is 1.93 bits per heavy atom. The van der Waals surface area contributed by atoms with Gasteiger partial charge >= 0.3 is 0 Å². The van der Waals surface area contributed by atoms with Gasteiger partial charge in [-0.2, -0.15) is 9.37 Å². The average Bonchev–Trinajstić information content (AvgIpc) is 2.94. The lowest BCUT2D eigenvalue weighted by molar-refractivity contribution is 0.0962. The summed E-state index contributed by atoms with van der Waals surface area (Å²) in [5, 5.41) is 8.11. The van der Waals surface area contributed by atoms with Crippen molar-refractivity contribution < 1.29 is 13.9 Å². The summed E-state index contributed by atoms with van der Waals surface area (Å²) in [5.74, 6) is -0.0430. The van der Waals surface area contributed by atoms with Crippen LogP contribution in [-0.4, -0.2) is 33.9 Å². The monoisotopic (exact) mass is 395 g/mol. The number of carbonyl (C=O) groups excluding carboxylic acids is 1. The predicted octanol–water partition coefficient (Wildman–Crippen LogP) is 3.63. The first-order valence-electron chi connectivity index (χ1n) is 8.66. The number of ether oxygens (including phenoxy) is 1. The van der Waals surface area contributed by atoms with Crippen LogP contribution in [0.15, 0.2) is 30.3 Å². The molecule has 1 amide bonds. The van der Waals surface area contributed by atoms with E-state index in [1.807, 2.05) is 18.2 Å². The third-order valence-electron chi connectivity index (χ3n) is 4.41. The highest BCUT2D eigenvalue weighted by Gasteiger charge is 2.22. The SMILES string of the molecule is Cc1nc(F)cc(Oc2ccc3c(ccc4sc5c(c43)NCCNC5=O)n2)n1. The zero-order valence-electron chi connectivity index (χ0n) is 14.7. The number of pyridine rings is 1. The van der Waals surface area contributed by atoms with Crippen LogP contribution in [0.1, 0.15) is 15.5 Å². The molecule has 1 aliphatic rings.